The second-order valence-electron chi connectivity index (χ2n) is 5.24. The van der Waals surface area contributed by atoms with Crippen molar-refractivity contribution in [3.63, 3.8) is 0 Å². The van der Waals surface area contributed by atoms with Crippen molar-refractivity contribution in [1.82, 2.24) is 0 Å². The number of para-hydroxylation sites is 1. The summed E-state index contributed by atoms with van der Waals surface area (Å²) in [5.74, 6) is -0.529. The summed E-state index contributed by atoms with van der Waals surface area (Å²) in [6, 6.07) is 10.5. The van der Waals surface area contributed by atoms with Crippen molar-refractivity contribution < 1.29 is 19.1 Å². The maximum Gasteiger partial charge on any atom is 0.314 e. The van der Waals surface area contributed by atoms with E-state index < -0.39 is 11.8 Å². The highest BCUT2D eigenvalue weighted by Gasteiger charge is 2.18. The van der Waals surface area contributed by atoms with Gasteiger partial charge in [-0.25, -0.2) is 0 Å². The number of ether oxygens (including phenoxy) is 2. The van der Waals surface area contributed by atoms with Gasteiger partial charge in [0.2, 0.25) is 0 Å². The van der Waals surface area contributed by atoms with Crippen molar-refractivity contribution in [2.45, 2.75) is 13.8 Å². The number of benzene rings is 2. The molecule has 2 N–H and O–H groups in total. The first kappa shape index (κ1) is 17.3. The van der Waals surface area contributed by atoms with Crippen LogP contribution in [-0.4, -0.2) is 26.0 Å². The van der Waals surface area contributed by atoms with Crippen LogP contribution in [0.3, 0.4) is 0 Å². The van der Waals surface area contributed by atoms with Crippen LogP contribution < -0.4 is 20.1 Å². The third-order valence-electron chi connectivity index (χ3n) is 3.58. The number of aryl methyl sites for hydroxylation is 2. The van der Waals surface area contributed by atoms with Crippen LogP contribution >= 0.6 is 0 Å². The predicted molar refractivity (Wildman–Crippen MR) is 92.7 cm³/mol. The zero-order valence-electron chi connectivity index (χ0n) is 14.1. The van der Waals surface area contributed by atoms with E-state index in [9.17, 15) is 9.59 Å². The van der Waals surface area contributed by atoms with Gasteiger partial charge in [-0.3, -0.25) is 9.59 Å². The van der Waals surface area contributed by atoms with Crippen molar-refractivity contribution in [2.24, 2.45) is 0 Å². The first-order valence-electron chi connectivity index (χ1n) is 7.37. The number of methoxy groups -OCH3 is 2. The smallest absolute Gasteiger partial charge is 0.314 e. The lowest BCUT2D eigenvalue weighted by molar-refractivity contribution is -0.133. The van der Waals surface area contributed by atoms with E-state index in [1.807, 2.05) is 32.0 Å². The highest BCUT2D eigenvalue weighted by atomic mass is 16.5. The summed E-state index contributed by atoms with van der Waals surface area (Å²) < 4.78 is 10.3. The zero-order chi connectivity index (χ0) is 17.7. The molecule has 0 aliphatic heterocycles. The Labute approximate surface area is 140 Å². The molecule has 6 heteroatoms. The van der Waals surface area contributed by atoms with Crippen LogP contribution in [0.4, 0.5) is 11.4 Å². The molecule has 0 unspecified atom stereocenters. The Kier molecular flexibility index (Phi) is 5.42. The van der Waals surface area contributed by atoms with Crippen LogP contribution in [0.5, 0.6) is 11.5 Å². The van der Waals surface area contributed by atoms with Gasteiger partial charge in [0.25, 0.3) is 0 Å². The molecule has 0 atom stereocenters. The van der Waals surface area contributed by atoms with Crippen molar-refractivity contribution in [2.75, 3.05) is 24.9 Å². The van der Waals surface area contributed by atoms with E-state index in [0.29, 0.717) is 22.9 Å². The second kappa shape index (κ2) is 7.50. The number of carbonyl (C=O) groups excluding carboxylic acids is 2. The summed E-state index contributed by atoms with van der Waals surface area (Å²) in [4.78, 5) is 24.3. The number of amides is 2. The molecule has 2 aromatic carbocycles. The van der Waals surface area contributed by atoms with Gasteiger partial charge < -0.3 is 20.1 Å². The Balaban J connectivity index is 2.14. The van der Waals surface area contributed by atoms with E-state index in [1.54, 1.807) is 18.2 Å². The first-order chi connectivity index (χ1) is 11.5. The van der Waals surface area contributed by atoms with E-state index in [0.717, 1.165) is 11.1 Å². The number of nitrogens with one attached hydrogen (secondary N) is 2. The zero-order valence-corrected chi connectivity index (χ0v) is 14.1. The molecule has 2 aromatic rings. The summed E-state index contributed by atoms with van der Waals surface area (Å²) in [6.07, 6.45) is 0. The van der Waals surface area contributed by atoms with Gasteiger partial charge in [-0.05, 0) is 37.1 Å². The Morgan fingerprint density at radius 3 is 2.08 bits per heavy atom. The average molecular weight is 328 g/mol. The number of hydrogen-bond acceptors (Lipinski definition) is 4. The Morgan fingerprint density at radius 2 is 1.50 bits per heavy atom. The minimum Gasteiger partial charge on any atom is -0.497 e. The van der Waals surface area contributed by atoms with Gasteiger partial charge in [-0.1, -0.05) is 18.2 Å². The lowest BCUT2D eigenvalue weighted by atomic mass is 10.1. The molecule has 0 radical (unpaired) electrons. The number of carbonyl (C=O) groups is 2. The van der Waals surface area contributed by atoms with Crippen molar-refractivity contribution in [3.05, 3.63) is 47.5 Å². The van der Waals surface area contributed by atoms with Gasteiger partial charge in [0.15, 0.2) is 0 Å². The topological polar surface area (TPSA) is 76.7 Å². The fourth-order valence-electron chi connectivity index (χ4n) is 2.26. The van der Waals surface area contributed by atoms with Crippen LogP contribution in [0.2, 0.25) is 0 Å². The van der Waals surface area contributed by atoms with E-state index in [-0.39, 0.29) is 0 Å². The van der Waals surface area contributed by atoms with Crippen molar-refractivity contribution >= 4 is 23.2 Å². The van der Waals surface area contributed by atoms with Gasteiger partial charge in [0.05, 0.1) is 19.9 Å². The average Bonchev–Trinajstić information content (AvgIpc) is 2.58. The fraction of sp³-hybridized carbons (Fsp3) is 0.222. The highest BCUT2D eigenvalue weighted by molar-refractivity contribution is 6.44. The molecular formula is C18H20N2O4. The van der Waals surface area contributed by atoms with Gasteiger partial charge in [-0.15, -0.1) is 0 Å². The van der Waals surface area contributed by atoms with Gasteiger partial charge in [0, 0.05) is 11.8 Å². The molecule has 2 amide bonds. The first-order valence-corrected chi connectivity index (χ1v) is 7.37. The van der Waals surface area contributed by atoms with Crippen LogP contribution in [0, 0.1) is 13.8 Å². The van der Waals surface area contributed by atoms with Crippen molar-refractivity contribution in [1.29, 1.82) is 0 Å². The van der Waals surface area contributed by atoms with E-state index in [4.69, 9.17) is 9.47 Å². The summed E-state index contributed by atoms with van der Waals surface area (Å²) in [5.41, 5.74) is 2.80. The fourth-order valence-corrected chi connectivity index (χ4v) is 2.26. The molecule has 0 heterocycles. The molecule has 0 aliphatic carbocycles. The number of hydrogen-bond donors (Lipinski definition) is 2. The second-order valence-corrected chi connectivity index (χ2v) is 5.24. The lowest BCUT2D eigenvalue weighted by Gasteiger charge is -2.13. The molecule has 0 aromatic heterocycles. The third-order valence-corrected chi connectivity index (χ3v) is 3.58. The predicted octanol–water partition coefficient (Wildman–Crippen LogP) is 2.90. The van der Waals surface area contributed by atoms with E-state index in [2.05, 4.69) is 10.6 Å². The summed E-state index contributed by atoms with van der Waals surface area (Å²) >= 11 is 0. The summed E-state index contributed by atoms with van der Waals surface area (Å²) in [5, 5.41) is 5.18. The Morgan fingerprint density at radius 1 is 0.875 bits per heavy atom. The van der Waals surface area contributed by atoms with Crippen LogP contribution in [0.25, 0.3) is 0 Å². The minimum atomic E-state index is -0.777. The number of rotatable bonds is 4. The molecule has 0 bridgehead atoms. The molecule has 2 rings (SSSR count). The maximum atomic E-state index is 12.2. The highest BCUT2D eigenvalue weighted by Crippen LogP contribution is 2.29. The molecule has 6 nitrogen and oxygen atoms in total. The van der Waals surface area contributed by atoms with Gasteiger partial charge in [0.1, 0.15) is 11.5 Å². The minimum absolute atomic E-state index is 0.389. The summed E-state index contributed by atoms with van der Waals surface area (Å²) in [7, 11) is 3.01. The van der Waals surface area contributed by atoms with Gasteiger partial charge in [-0.2, -0.15) is 0 Å². The third kappa shape index (κ3) is 3.84. The van der Waals surface area contributed by atoms with E-state index >= 15 is 0 Å². The largest absolute Gasteiger partial charge is 0.497 e. The summed E-state index contributed by atoms with van der Waals surface area (Å²) in [6.45, 7) is 3.74. The SMILES string of the molecule is COc1ccc(NC(=O)C(=O)Nc2c(C)cccc2C)c(OC)c1. The lowest BCUT2D eigenvalue weighted by Crippen LogP contribution is -2.29. The molecule has 0 spiro atoms. The molecule has 0 fully saturated rings. The molecular weight excluding hydrogens is 308 g/mol. The monoisotopic (exact) mass is 328 g/mol. The maximum absolute atomic E-state index is 12.2. The van der Waals surface area contributed by atoms with Crippen LogP contribution in [-0.2, 0) is 9.59 Å². The van der Waals surface area contributed by atoms with Gasteiger partial charge >= 0.3 is 11.8 Å². The Hall–Kier alpha value is -3.02. The van der Waals surface area contributed by atoms with E-state index in [1.165, 1.54) is 14.2 Å². The molecule has 0 saturated carbocycles. The van der Waals surface area contributed by atoms with Crippen molar-refractivity contribution in [3.8, 4) is 11.5 Å². The van der Waals surface area contributed by atoms with Crippen LogP contribution in [0.1, 0.15) is 11.1 Å². The quantitative estimate of drug-likeness (QED) is 0.846. The molecule has 0 saturated heterocycles. The molecule has 0 aliphatic rings. The molecule has 24 heavy (non-hydrogen) atoms. The van der Waals surface area contributed by atoms with Crippen LogP contribution in [0.15, 0.2) is 36.4 Å². The normalized spacial score (nSPS) is 10.0. The standard InChI is InChI=1S/C18H20N2O4/c1-11-6-5-7-12(2)16(11)20-18(22)17(21)19-14-9-8-13(23-3)10-15(14)24-4/h5-10H,1-4H3,(H,19,21)(H,20,22). The molecule has 126 valence electrons. The Bertz CT molecular complexity index is 751. The number of anilines is 2.